The molecule has 2 heterocycles. The Morgan fingerprint density at radius 1 is 1.29 bits per heavy atom. The molecule has 5 heteroatoms. The first-order chi connectivity index (χ1) is 10.2. The highest BCUT2D eigenvalue weighted by atomic mass is 35.5. The van der Waals surface area contributed by atoms with Gasteiger partial charge in [0, 0.05) is 5.39 Å². The van der Waals surface area contributed by atoms with Gasteiger partial charge in [0.2, 0.25) is 0 Å². The van der Waals surface area contributed by atoms with Crippen molar-refractivity contribution in [1.82, 2.24) is 4.98 Å². The molecule has 21 heavy (non-hydrogen) atoms. The Hall–Kier alpha value is -2.17. The van der Waals surface area contributed by atoms with Gasteiger partial charge in [-0.25, -0.2) is 9.78 Å². The van der Waals surface area contributed by atoms with Crippen LogP contribution in [-0.4, -0.2) is 4.98 Å². The zero-order valence-electron chi connectivity index (χ0n) is 10.6. The standard InChI is InChI=1S/C16H7ClNO2S/c17-11-5-3-7-13-14(11)18-15(21-13)10-8-9-4-1-2-6-12(9)20-16(10)19/h1,3-8H. The Labute approximate surface area is 128 Å². The lowest BCUT2D eigenvalue weighted by atomic mass is 10.2. The first-order valence-corrected chi connectivity index (χ1v) is 7.41. The van der Waals surface area contributed by atoms with Gasteiger partial charge in [0.05, 0.1) is 15.3 Å². The Balaban J connectivity index is 2.01. The van der Waals surface area contributed by atoms with E-state index in [0.29, 0.717) is 26.7 Å². The van der Waals surface area contributed by atoms with Gasteiger partial charge >= 0.3 is 5.63 Å². The first-order valence-electron chi connectivity index (χ1n) is 6.22. The largest absolute Gasteiger partial charge is 0.422 e. The lowest BCUT2D eigenvalue weighted by Crippen LogP contribution is -2.02. The van der Waals surface area contributed by atoms with Gasteiger partial charge in [-0.2, -0.15) is 0 Å². The van der Waals surface area contributed by atoms with Crippen LogP contribution in [0.1, 0.15) is 0 Å². The second-order valence-electron chi connectivity index (χ2n) is 4.52. The average molecular weight is 313 g/mol. The summed E-state index contributed by atoms with van der Waals surface area (Å²) in [6, 6.07) is 15.5. The zero-order chi connectivity index (χ0) is 14.4. The van der Waals surface area contributed by atoms with Crippen molar-refractivity contribution in [2.45, 2.75) is 0 Å². The quantitative estimate of drug-likeness (QED) is 0.485. The Morgan fingerprint density at radius 3 is 3.05 bits per heavy atom. The predicted molar refractivity (Wildman–Crippen MR) is 84.9 cm³/mol. The minimum atomic E-state index is -0.405. The number of nitrogens with zero attached hydrogens (tertiary/aromatic N) is 1. The van der Waals surface area contributed by atoms with Crippen LogP contribution in [0.5, 0.6) is 0 Å². The number of thiazole rings is 1. The van der Waals surface area contributed by atoms with Crippen molar-refractivity contribution in [2.24, 2.45) is 0 Å². The van der Waals surface area contributed by atoms with Crippen LogP contribution in [0.25, 0.3) is 31.8 Å². The van der Waals surface area contributed by atoms with E-state index >= 15 is 0 Å². The molecule has 4 aromatic rings. The summed E-state index contributed by atoms with van der Waals surface area (Å²) in [5.41, 5.74) is 1.27. The highest BCUT2D eigenvalue weighted by Gasteiger charge is 2.13. The smallest absolute Gasteiger partial charge is 0.346 e. The molecule has 0 atom stereocenters. The van der Waals surface area contributed by atoms with Crippen LogP contribution < -0.4 is 5.63 Å². The van der Waals surface area contributed by atoms with Crippen LogP contribution in [0, 0.1) is 6.07 Å². The maximum Gasteiger partial charge on any atom is 0.346 e. The van der Waals surface area contributed by atoms with Crippen molar-refractivity contribution in [3.63, 3.8) is 0 Å². The summed E-state index contributed by atoms with van der Waals surface area (Å²) >= 11 is 7.56. The molecule has 2 aromatic carbocycles. The monoisotopic (exact) mass is 312 g/mol. The van der Waals surface area contributed by atoms with E-state index in [9.17, 15) is 4.79 Å². The molecule has 0 saturated heterocycles. The van der Waals surface area contributed by atoms with Crippen LogP contribution in [0.2, 0.25) is 5.02 Å². The van der Waals surface area contributed by atoms with E-state index in [4.69, 9.17) is 16.0 Å². The summed E-state index contributed by atoms with van der Waals surface area (Å²) in [5, 5.41) is 2.03. The van der Waals surface area contributed by atoms with Crippen molar-refractivity contribution >= 4 is 44.1 Å². The summed E-state index contributed by atoms with van der Waals surface area (Å²) in [6.07, 6.45) is 0. The SMILES string of the molecule is O=c1oc2c[c]ccc2cc1-c1nc2c(Cl)cccc2s1. The van der Waals surface area contributed by atoms with Crippen molar-refractivity contribution < 1.29 is 4.42 Å². The molecule has 0 fully saturated rings. The number of benzene rings is 2. The molecule has 0 amide bonds. The molecule has 0 bridgehead atoms. The normalized spacial score (nSPS) is 11.3. The summed E-state index contributed by atoms with van der Waals surface area (Å²) in [4.78, 5) is 16.6. The van der Waals surface area contributed by atoms with Crippen LogP contribution in [0.3, 0.4) is 0 Å². The third-order valence-electron chi connectivity index (χ3n) is 3.18. The minimum Gasteiger partial charge on any atom is -0.422 e. The minimum absolute atomic E-state index is 0.405. The van der Waals surface area contributed by atoms with Gasteiger partial charge in [-0.3, -0.25) is 0 Å². The molecule has 0 spiro atoms. The molecule has 0 aliphatic heterocycles. The van der Waals surface area contributed by atoms with E-state index < -0.39 is 5.63 Å². The third kappa shape index (κ3) is 2.04. The number of hydrogen-bond donors (Lipinski definition) is 0. The number of halogens is 1. The van der Waals surface area contributed by atoms with E-state index in [1.807, 2.05) is 18.2 Å². The van der Waals surface area contributed by atoms with Gasteiger partial charge in [0.25, 0.3) is 0 Å². The molecule has 3 nitrogen and oxygen atoms in total. The molecule has 0 saturated carbocycles. The lowest BCUT2D eigenvalue weighted by molar-refractivity contribution is 0.563. The fraction of sp³-hybridized carbons (Fsp3) is 0. The lowest BCUT2D eigenvalue weighted by Gasteiger charge is -1.98. The Morgan fingerprint density at radius 2 is 2.19 bits per heavy atom. The molecule has 4 rings (SSSR count). The molecule has 0 aliphatic carbocycles. The Bertz CT molecular complexity index is 1040. The van der Waals surface area contributed by atoms with Gasteiger partial charge in [0.15, 0.2) is 0 Å². The summed E-state index contributed by atoms with van der Waals surface area (Å²) in [6.45, 7) is 0. The summed E-state index contributed by atoms with van der Waals surface area (Å²) in [7, 11) is 0. The number of aromatic nitrogens is 1. The molecule has 1 radical (unpaired) electrons. The zero-order valence-corrected chi connectivity index (χ0v) is 12.2. The van der Waals surface area contributed by atoms with Gasteiger partial charge in [-0.05, 0) is 30.3 Å². The van der Waals surface area contributed by atoms with Gasteiger partial charge in [0.1, 0.15) is 16.1 Å². The molecular formula is C16H7ClNO2S. The molecular weight excluding hydrogens is 306 g/mol. The maximum absolute atomic E-state index is 12.1. The van der Waals surface area contributed by atoms with Crippen molar-refractivity contribution in [1.29, 1.82) is 0 Å². The van der Waals surface area contributed by atoms with Crippen LogP contribution in [0.15, 0.2) is 51.7 Å². The van der Waals surface area contributed by atoms with Crippen LogP contribution in [0.4, 0.5) is 0 Å². The van der Waals surface area contributed by atoms with Gasteiger partial charge in [-0.15, -0.1) is 11.3 Å². The van der Waals surface area contributed by atoms with E-state index in [2.05, 4.69) is 11.1 Å². The topological polar surface area (TPSA) is 43.1 Å². The van der Waals surface area contributed by atoms with Gasteiger partial charge in [-0.1, -0.05) is 29.8 Å². The van der Waals surface area contributed by atoms with Crippen molar-refractivity contribution in [3.8, 4) is 10.6 Å². The molecule has 0 aliphatic rings. The van der Waals surface area contributed by atoms with Crippen LogP contribution in [-0.2, 0) is 0 Å². The first kappa shape index (κ1) is 12.6. The van der Waals surface area contributed by atoms with E-state index in [1.54, 1.807) is 24.3 Å². The fourth-order valence-electron chi connectivity index (χ4n) is 2.18. The summed E-state index contributed by atoms with van der Waals surface area (Å²) in [5.74, 6) is 0. The predicted octanol–water partition coefficient (Wildman–Crippen LogP) is 4.52. The fourth-order valence-corrected chi connectivity index (χ4v) is 3.45. The number of fused-ring (bicyclic) bond motifs is 2. The van der Waals surface area contributed by atoms with E-state index in [0.717, 1.165) is 10.1 Å². The second kappa shape index (κ2) is 4.69. The highest BCUT2D eigenvalue weighted by molar-refractivity contribution is 7.21. The third-order valence-corrected chi connectivity index (χ3v) is 4.54. The average Bonchev–Trinajstić information content (AvgIpc) is 2.92. The van der Waals surface area contributed by atoms with Crippen molar-refractivity contribution in [3.05, 3.63) is 64.0 Å². The van der Waals surface area contributed by atoms with Crippen molar-refractivity contribution in [2.75, 3.05) is 0 Å². The maximum atomic E-state index is 12.1. The number of hydrogen-bond acceptors (Lipinski definition) is 4. The highest BCUT2D eigenvalue weighted by Crippen LogP contribution is 2.33. The Kier molecular flexibility index (Phi) is 2.80. The second-order valence-corrected chi connectivity index (χ2v) is 5.95. The number of rotatable bonds is 1. The van der Waals surface area contributed by atoms with E-state index in [-0.39, 0.29) is 0 Å². The van der Waals surface area contributed by atoms with Crippen LogP contribution >= 0.6 is 22.9 Å². The molecule has 101 valence electrons. The molecule has 0 N–H and O–H groups in total. The molecule has 2 aromatic heterocycles. The van der Waals surface area contributed by atoms with Gasteiger partial charge < -0.3 is 4.42 Å². The summed E-state index contributed by atoms with van der Waals surface area (Å²) < 4.78 is 6.26. The number of para-hydroxylation sites is 1. The van der Waals surface area contributed by atoms with E-state index in [1.165, 1.54) is 11.3 Å². The molecule has 0 unspecified atom stereocenters.